The summed E-state index contributed by atoms with van der Waals surface area (Å²) in [5, 5.41) is 5.27. The number of fused-ring (bicyclic) bond motifs is 1. The SMILES string of the molecule is COCc1nn2c(C)c(Cl)c(C)nc2c1-c1ccc(OC)cc1. The molecule has 6 heteroatoms. The van der Waals surface area contributed by atoms with Crippen LogP contribution in [0.15, 0.2) is 24.3 Å². The van der Waals surface area contributed by atoms with Gasteiger partial charge >= 0.3 is 0 Å². The zero-order valence-corrected chi connectivity index (χ0v) is 14.3. The highest BCUT2D eigenvalue weighted by molar-refractivity contribution is 6.31. The summed E-state index contributed by atoms with van der Waals surface area (Å²) < 4.78 is 12.3. The Labute approximate surface area is 139 Å². The van der Waals surface area contributed by atoms with Gasteiger partial charge in [-0.05, 0) is 31.5 Å². The summed E-state index contributed by atoms with van der Waals surface area (Å²) in [6.07, 6.45) is 0. The van der Waals surface area contributed by atoms with Gasteiger partial charge in [-0.25, -0.2) is 9.50 Å². The Morgan fingerprint density at radius 1 is 1.13 bits per heavy atom. The first kappa shape index (κ1) is 15.8. The molecule has 5 nitrogen and oxygen atoms in total. The van der Waals surface area contributed by atoms with Crippen molar-refractivity contribution >= 4 is 17.2 Å². The van der Waals surface area contributed by atoms with Gasteiger partial charge in [0.2, 0.25) is 0 Å². The molecule has 3 rings (SSSR count). The van der Waals surface area contributed by atoms with Crippen LogP contribution in [0.1, 0.15) is 17.1 Å². The van der Waals surface area contributed by atoms with Crippen LogP contribution in [0, 0.1) is 13.8 Å². The smallest absolute Gasteiger partial charge is 0.163 e. The minimum absolute atomic E-state index is 0.404. The molecule has 0 aliphatic carbocycles. The van der Waals surface area contributed by atoms with E-state index in [1.807, 2.05) is 38.1 Å². The molecule has 0 amide bonds. The predicted molar refractivity (Wildman–Crippen MR) is 90.2 cm³/mol. The number of hydrogen-bond acceptors (Lipinski definition) is 4. The number of methoxy groups -OCH3 is 2. The van der Waals surface area contributed by atoms with Crippen molar-refractivity contribution < 1.29 is 9.47 Å². The summed E-state index contributed by atoms with van der Waals surface area (Å²) in [6.45, 7) is 4.24. The van der Waals surface area contributed by atoms with Gasteiger partial charge in [0, 0.05) is 7.11 Å². The molecule has 0 atom stereocenters. The molecule has 0 saturated heterocycles. The van der Waals surface area contributed by atoms with Crippen molar-refractivity contribution in [2.45, 2.75) is 20.5 Å². The van der Waals surface area contributed by atoms with Gasteiger partial charge in [0.05, 0.1) is 41.4 Å². The number of hydrogen-bond donors (Lipinski definition) is 0. The molecule has 3 aromatic rings. The maximum Gasteiger partial charge on any atom is 0.163 e. The Hall–Kier alpha value is -2.11. The number of aryl methyl sites for hydroxylation is 2. The predicted octanol–water partition coefficient (Wildman–Crippen LogP) is 3.82. The van der Waals surface area contributed by atoms with Gasteiger partial charge in [0.1, 0.15) is 5.75 Å². The second-order valence-electron chi connectivity index (χ2n) is 5.32. The van der Waals surface area contributed by atoms with Crippen LogP contribution in [0.3, 0.4) is 0 Å². The molecule has 0 bridgehead atoms. The van der Waals surface area contributed by atoms with E-state index in [9.17, 15) is 0 Å². The molecule has 2 aromatic heterocycles. The van der Waals surface area contributed by atoms with Crippen molar-refractivity contribution in [3.63, 3.8) is 0 Å². The van der Waals surface area contributed by atoms with E-state index in [4.69, 9.17) is 21.1 Å². The van der Waals surface area contributed by atoms with Gasteiger partial charge in [0.25, 0.3) is 0 Å². The molecule has 0 unspecified atom stereocenters. The number of nitrogens with zero attached hydrogens (tertiary/aromatic N) is 3. The molecule has 0 radical (unpaired) electrons. The van der Waals surface area contributed by atoms with Crippen LogP contribution in [0.25, 0.3) is 16.8 Å². The summed E-state index contributed by atoms with van der Waals surface area (Å²) in [6, 6.07) is 7.84. The molecule has 1 aromatic carbocycles. The molecule has 0 aliphatic rings. The number of aromatic nitrogens is 3. The van der Waals surface area contributed by atoms with E-state index in [2.05, 4.69) is 10.1 Å². The monoisotopic (exact) mass is 331 g/mol. The third-order valence-corrected chi connectivity index (χ3v) is 4.37. The number of halogens is 1. The molecule has 0 N–H and O–H groups in total. The van der Waals surface area contributed by atoms with Crippen molar-refractivity contribution in [3.05, 3.63) is 46.4 Å². The highest BCUT2D eigenvalue weighted by Crippen LogP contribution is 2.32. The summed E-state index contributed by atoms with van der Waals surface area (Å²) in [7, 11) is 3.30. The molecular formula is C17H18ClN3O2. The van der Waals surface area contributed by atoms with Gasteiger partial charge < -0.3 is 9.47 Å². The fourth-order valence-corrected chi connectivity index (χ4v) is 2.77. The Kier molecular flexibility index (Phi) is 4.24. The van der Waals surface area contributed by atoms with Crippen LogP contribution in [0.5, 0.6) is 5.75 Å². The standard InChI is InChI=1S/C17H18ClN3O2/c1-10-16(18)11(2)21-17(19-10)15(14(20-21)9-22-3)12-5-7-13(23-4)8-6-12/h5-8H,9H2,1-4H3. The van der Waals surface area contributed by atoms with Gasteiger partial charge in [-0.1, -0.05) is 23.7 Å². The summed E-state index contributed by atoms with van der Waals surface area (Å²) >= 11 is 6.31. The highest BCUT2D eigenvalue weighted by atomic mass is 35.5. The van der Waals surface area contributed by atoms with Crippen LogP contribution in [0.2, 0.25) is 5.02 Å². The maximum atomic E-state index is 6.31. The van der Waals surface area contributed by atoms with Crippen molar-refractivity contribution in [1.29, 1.82) is 0 Å². The molecule has 0 saturated carbocycles. The van der Waals surface area contributed by atoms with Crippen LogP contribution >= 0.6 is 11.6 Å². The van der Waals surface area contributed by atoms with Gasteiger partial charge in [-0.3, -0.25) is 0 Å². The van der Waals surface area contributed by atoms with E-state index in [-0.39, 0.29) is 0 Å². The summed E-state index contributed by atoms with van der Waals surface area (Å²) in [5.41, 5.74) is 5.23. The number of rotatable bonds is 4. The first-order chi connectivity index (χ1) is 11.1. The maximum absolute atomic E-state index is 6.31. The van der Waals surface area contributed by atoms with Gasteiger partial charge in [-0.15, -0.1) is 0 Å². The lowest BCUT2D eigenvalue weighted by molar-refractivity contribution is 0.181. The fourth-order valence-electron chi connectivity index (χ4n) is 2.64. The Bertz CT molecular complexity index is 857. The molecule has 0 fully saturated rings. The molecule has 0 spiro atoms. The molecule has 120 valence electrons. The first-order valence-electron chi connectivity index (χ1n) is 7.24. The highest BCUT2D eigenvalue weighted by Gasteiger charge is 2.19. The normalized spacial score (nSPS) is 11.2. The lowest BCUT2D eigenvalue weighted by Crippen LogP contribution is -2.00. The Balaban J connectivity index is 2.29. The van der Waals surface area contributed by atoms with E-state index >= 15 is 0 Å². The lowest BCUT2D eigenvalue weighted by atomic mass is 10.1. The number of ether oxygens (including phenoxy) is 2. The minimum Gasteiger partial charge on any atom is -0.497 e. The Morgan fingerprint density at radius 3 is 2.43 bits per heavy atom. The van der Waals surface area contributed by atoms with Crippen molar-refractivity contribution in [3.8, 4) is 16.9 Å². The van der Waals surface area contributed by atoms with Crippen LogP contribution in [0.4, 0.5) is 0 Å². The minimum atomic E-state index is 0.404. The molecule has 23 heavy (non-hydrogen) atoms. The molecule has 2 heterocycles. The van der Waals surface area contributed by atoms with E-state index < -0.39 is 0 Å². The summed E-state index contributed by atoms with van der Waals surface area (Å²) in [4.78, 5) is 4.64. The van der Waals surface area contributed by atoms with Gasteiger partial charge in [-0.2, -0.15) is 5.10 Å². The molecular weight excluding hydrogens is 314 g/mol. The van der Waals surface area contributed by atoms with Gasteiger partial charge in [0.15, 0.2) is 5.65 Å². The average molecular weight is 332 g/mol. The first-order valence-corrected chi connectivity index (χ1v) is 7.62. The van der Waals surface area contributed by atoms with E-state index in [0.29, 0.717) is 11.6 Å². The van der Waals surface area contributed by atoms with Crippen LogP contribution < -0.4 is 4.74 Å². The van der Waals surface area contributed by atoms with E-state index in [1.165, 1.54) is 0 Å². The quantitative estimate of drug-likeness (QED) is 0.729. The number of benzene rings is 1. The van der Waals surface area contributed by atoms with Crippen LogP contribution in [-0.4, -0.2) is 28.8 Å². The summed E-state index contributed by atoms with van der Waals surface area (Å²) in [5.74, 6) is 0.807. The zero-order valence-electron chi connectivity index (χ0n) is 13.6. The lowest BCUT2D eigenvalue weighted by Gasteiger charge is -2.07. The third-order valence-electron chi connectivity index (χ3n) is 3.82. The second kappa shape index (κ2) is 6.18. The van der Waals surface area contributed by atoms with Crippen molar-refractivity contribution in [2.24, 2.45) is 0 Å². The zero-order chi connectivity index (χ0) is 16.6. The van der Waals surface area contributed by atoms with E-state index in [0.717, 1.165) is 39.6 Å². The molecule has 0 aliphatic heterocycles. The van der Waals surface area contributed by atoms with Crippen molar-refractivity contribution in [2.75, 3.05) is 14.2 Å². The average Bonchev–Trinajstić information content (AvgIpc) is 2.91. The fraction of sp³-hybridized carbons (Fsp3) is 0.294. The second-order valence-corrected chi connectivity index (χ2v) is 5.69. The van der Waals surface area contributed by atoms with E-state index in [1.54, 1.807) is 18.7 Å². The Morgan fingerprint density at radius 2 is 1.83 bits per heavy atom. The van der Waals surface area contributed by atoms with Crippen LogP contribution in [-0.2, 0) is 11.3 Å². The van der Waals surface area contributed by atoms with Crippen molar-refractivity contribution in [1.82, 2.24) is 14.6 Å². The topological polar surface area (TPSA) is 48.7 Å². The largest absolute Gasteiger partial charge is 0.497 e. The third kappa shape index (κ3) is 2.66.